The quantitative estimate of drug-likeness (QED) is 0.760. The third-order valence-electron chi connectivity index (χ3n) is 3.22. The van der Waals surface area contributed by atoms with E-state index in [1.807, 2.05) is 22.9 Å². The number of hydrogen-bond donors (Lipinski definition) is 2. The van der Waals surface area contributed by atoms with Gasteiger partial charge in [0.1, 0.15) is 5.60 Å². The van der Waals surface area contributed by atoms with E-state index in [4.69, 9.17) is 4.42 Å². The zero-order valence-electron chi connectivity index (χ0n) is 11.0. The van der Waals surface area contributed by atoms with Gasteiger partial charge in [0.2, 0.25) is 0 Å². The van der Waals surface area contributed by atoms with Crippen LogP contribution in [0.4, 0.5) is 0 Å². The first kappa shape index (κ1) is 14.1. The molecule has 0 fully saturated rings. The monoisotopic (exact) mass is 319 g/mol. The molecule has 0 saturated heterocycles. The molecule has 0 aliphatic heterocycles. The SMILES string of the molecule is O=C(NCC(O)(c1ccoc1)c1cccs1)c1ccsc1. The maximum Gasteiger partial charge on any atom is 0.252 e. The van der Waals surface area contributed by atoms with Crippen LogP contribution in [0.2, 0.25) is 0 Å². The van der Waals surface area contributed by atoms with E-state index in [1.54, 1.807) is 17.5 Å². The van der Waals surface area contributed by atoms with Crippen molar-refractivity contribution in [3.05, 3.63) is 68.9 Å². The van der Waals surface area contributed by atoms with Crippen LogP contribution in [0.15, 0.2) is 57.3 Å². The van der Waals surface area contributed by atoms with Gasteiger partial charge in [-0.1, -0.05) is 6.07 Å². The number of hydrogen-bond acceptors (Lipinski definition) is 5. The summed E-state index contributed by atoms with van der Waals surface area (Å²) in [6.45, 7) is 0.0850. The molecule has 1 amide bonds. The van der Waals surface area contributed by atoms with Crippen LogP contribution in [-0.2, 0) is 5.60 Å². The zero-order valence-corrected chi connectivity index (χ0v) is 12.6. The van der Waals surface area contributed by atoms with E-state index in [0.29, 0.717) is 11.1 Å². The summed E-state index contributed by atoms with van der Waals surface area (Å²) in [7, 11) is 0. The highest BCUT2D eigenvalue weighted by Crippen LogP contribution is 2.32. The second-order valence-corrected chi connectivity index (χ2v) is 6.27. The van der Waals surface area contributed by atoms with Gasteiger partial charge >= 0.3 is 0 Å². The Morgan fingerprint density at radius 1 is 1.33 bits per heavy atom. The van der Waals surface area contributed by atoms with Crippen LogP contribution < -0.4 is 5.32 Å². The van der Waals surface area contributed by atoms with Gasteiger partial charge in [0.25, 0.3) is 5.91 Å². The van der Waals surface area contributed by atoms with E-state index in [1.165, 1.54) is 35.2 Å². The van der Waals surface area contributed by atoms with E-state index in [2.05, 4.69) is 5.32 Å². The molecule has 1 atom stereocenters. The van der Waals surface area contributed by atoms with Gasteiger partial charge in [-0.05, 0) is 29.0 Å². The van der Waals surface area contributed by atoms with Gasteiger partial charge in [0.05, 0.1) is 19.1 Å². The van der Waals surface area contributed by atoms with Crippen LogP contribution in [0, 0.1) is 0 Å². The minimum absolute atomic E-state index is 0.0850. The summed E-state index contributed by atoms with van der Waals surface area (Å²) in [5, 5.41) is 19.3. The highest BCUT2D eigenvalue weighted by Gasteiger charge is 2.34. The minimum Gasteiger partial charge on any atom is -0.472 e. The minimum atomic E-state index is -1.28. The van der Waals surface area contributed by atoms with Crippen molar-refractivity contribution in [2.75, 3.05) is 6.54 Å². The molecule has 0 aliphatic rings. The molecule has 4 nitrogen and oxygen atoms in total. The summed E-state index contributed by atoms with van der Waals surface area (Å²) in [5.74, 6) is -0.199. The van der Waals surface area contributed by atoms with Crippen molar-refractivity contribution in [2.24, 2.45) is 0 Å². The zero-order chi connectivity index (χ0) is 14.7. The molecule has 3 aromatic heterocycles. The fourth-order valence-corrected chi connectivity index (χ4v) is 3.53. The molecule has 0 bridgehead atoms. The average molecular weight is 319 g/mol. The third kappa shape index (κ3) is 2.78. The number of aliphatic hydroxyl groups is 1. The highest BCUT2D eigenvalue weighted by molar-refractivity contribution is 7.10. The Morgan fingerprint density at radius 3 is 2.86 bits per heavy atom. The van der Waals surface area contributed by atoms with Crippen LogP contribution in [-0.4, -0.2) is 17.6 Å². The second kappa shape index (κ2) is 5.85. The third-order valence-corrected chi connectivity index (χ3v) is 4.92. The van der Waals surface area contributed by atoms with Crippen LogP contribution in [0.3, 0.4) is 0 Å². The van der Waals surface area contributed by atoms with Crippen LogP contribution >= 0.6 is 22.7 Å². The van der Waals surface area contributed by atoms with Gasteiger partial charge in [0.15, 0.2) is 0 Å². The first-order valence-corrected chi connectivity index (χ1v) is 8.12. The Balaban J connectivity index is 1.83. The van der Waals surface area contributed by atoms with E-state index < -0.39 is 5.60 Å². The summed E-state index contributed by atoms with van der Waals surface area (Å²) in [6.07, 6.45) is 3.01. The molecule has 2 N–H and O–H groups in total. The first-order valence-electron chi connectivity index (χ1n) is 6.29. The molecule has 108 valence electrons. The fourth-order valence-electron chi connectivity index (χ4n) is 2.05. The molecular weight excluding hydrogens is 306 g/mol. The van der Waals surface area contributed by atoms with Crippen molar-refractivity contribution >= 4 is 28.6 Å². The molecule has 0 radical (unpaired) electrons. The molecule has 0 aromatic carbocycles. The van der Waals surface area contributed by atoms with Crippen molar-refractivity contribution in [1.29, 1.82) is 0 Å². The lowest BCUT2D eigenvalue weighted by Crippen LogP contribution is -2.40. The maximum atomic E-state index is 12.1. The Bertz CT molecular complexity index is 653. The van der Waals surface area contributed by atoms with E-state index in [9.17, 15) is 9.90 Å². The number of carbonyl (C=O) groups is 1. The number of thiophene rings is 2. The Morgan fingerprint density at radius 2 is 2.24 bits per heavy atom. The van der Waals surface area contributed by atoms with Crippen LogP contribution in [0.1, 0.15) is 20.8 Å². The van der Waals surface area contributed by atoms with Gasteiger partial charge in [-0.25, -0.2) is 0 Å². The lowest BCUT2D eigenvalue weighted by Gasteiger charge is -2.26. The lowest BCUT2D eigenvalue weighted by atomic mass is 9.94. The predicted molar refractivity (Wildman–Crippen MR) is 82.7 cm³/mol. The molecule has 0 spiro atoms. The smallest absolute Gasteiger partial charge is 0.252 e. The maximum absolute atomic E-state index is 12.1. The van der Waals surface area contributed by atoms with Crippen molar-refractivity contribution in [2.45, 2.75) is 5.60 Å². The van der Waals surface area contributed by atoms with Gasteiger partial charge in [-0.15, -0.1) is 11.3 Å². The van der Waals surface area contributed by atoms with Gasteiger partial charge in [-0.3, -0.25) is 4.79 Å². The number of carbonyl (C=O) groups excluding carboxylic acids is 1. The predicted octanol–water partition coefficient (Wildman–Crippen LogP) is 3.07. The molecule has 3 heterocycles. The van der Waals surface area contributed by atoms with Crippen molar-refractivity contribution in [3.8, 4) is 0 Å². The molecule has 21 heavy (non-hydrogen) atoms. The summed E-state index contributed by atoms with van der Waals surface area (Å²) in [6, 6.07) is 7.17. The van der Waals surface area contributed by atoms with Crippen LogP contribution in [0.5, 0.6) is 0 Å². The number of rotatable bonds is 5. The molecule has 0 aliphatic carbocycles. The second-order valence-electron chi connectivity index (χ2n) is 4.54. The molecular formula is C15H13NO3S2. The number of amides is 1. The molecule has 3 aromatic rings. The normalized spacial score (nSPS) is 13.8. The van der Waals surface area contributed by atoms with Gasteiger partial charge < -0.3 is 14.8 Å². The van der Waals surface area contributed by atoms with E-state index >= 15 is 0 Å². The molecule has 0 saturated carbocycles. The summed E-state index contributed by atoms with van der Waals surface area (Å²) < 4.78 is 5.07. The molecule has 6 heteroatoms. The summed E-state index contributed by atoms with van der Waals surface area (Å²) in [5.41, 5.74) is -0.0661. The number of nitrogens with one attached hydrogen (secondary N) is 1. The van der Waals surface area contributed by atoms with Gasteiger partial charge in [-0.2, -0.15) is 11.3 Å². The van der Waals surface area contributed by atoms with Crippen molar-refractivity contribution < 1.29 is 14.3 Å². The Hall–Kier alpha value is -1.89. The average Bonchev–Trinajstić information content (AvgIpc) is 3.27. The lowest BCUT2D eigenvalue weighted by molar-refractivity contribution is 0.0714. The summed E-state index contributed by atoms with van der Waals surface area (Å²) in [4.78, 5) is 12.8. The first-order chi connectivity index (χ1) is 10.2. The number of furan rings is 1. The van der Waals surface area contributed by atoms with E-state index in [-0.39, 0.29) is 12.5 Å². The van der Waals surface area contributed by atoms with E-state index in [0.717, 1.165) is 4.88 Å². The molecule has 3 rings (SSSR count). The topological polar surface area (TPSA) is 62.5 Å². The van der Waals surface area contributed by atoms with Crippen molar-refractivity contribution in [3.63, 3.8) is 0 Å². The fraction of sp³-hybridized carbons (Fsp3) is 0.133. The Kier molecular flexibility index (Phi) is 3.92. The summed E-state index contributed by atoms with van der Waals surface area (Å²) >= 11 is 2.90. The van der Waals surface area contributed by atoms with Gasteiger partial charge in [0, 0.05) is 21.4 Å². The largest absolute Gasteiger partial charge is 0.472 e. The van der Waals surface area contributed by atoms with Crippen molar-refractivity contribution in [1.82, 2.24) is 5.32 Å². The van der Waals surface area contributed by atoms with Crippen LogP contribution in [0.25, 0.3) is 0 Å². The highest BCUT2D eigenvalue weighted by atomic mass is 32.1. The standard InChI is InChI=1S/C15H13NO3S2/c17-14(11-4-7-20-9-11)16-10-15(18,12-3-5-19-8-12)13-2-1-6-21-13/h1-9,18H,10H2,(H,16,17). The molecule has 1 unspecified atom stereocenters. The Labute approximate surface area is 129 Å².